The van der Waals surface area contributed by atoms with Crippen molar-refractivity contribution < 1.29 is 19.1 Å². The first-order valence-electron chi connectivity index (χ1n) is 4.03. The van der Waals surface area contributed by atoms with E-state index in [4.69, 9.17) is 0 Å². The maximum atomic E-state index is 10.9. The van der Waals surface area contributed by atoms with E-state index < -0.39 is 11.9 Å². The molecule has 5 heteroatoms. The predicted molar refractivity (Wildman–Crippen MR) is 53.3 cm³/mol. The minimum Gasteiger partial charge on any atom is -0.461 e. The van der Waals surface area contributed by atoms with Gasteiger partial charge in [-0.2, -0.15) is 0 Å². The van der Waals surface area contributed by atoms with E-state index in [1.165, 1.54) is 0 Å². The summed E-state index contributed by atoms with van der Waals surface area (Å²) in [5.41, 5.74) is 0.824. The second kappa shape index (κ2) is 6.56. The van der Waals surface area contributed by atoms with Gasteiger partial charge in [0.15, 0.2) is 0 Å². The van der Waals surface area contributed by atoms with Crippen molar-refractivity contribution in [3.63, 3.8) is 0 Å². The van der Waals surface area contributed by atoms with E-state index in [9.17, 15) is 9.59 Å². The Hall–Kier alpha value is -1.88. The Morgan fingerprint density at radius 2 is 1.73 bits per heavy atom. The zero-order valence-electron chi connectivity index (χ0n) is 8.43. The number of hydrogen-bond donors (Lipinski definition) is 1. The number of carbonyl (C=O) groups excluding carboxylic acids is 2. The number of esters is 2. The van der Waals surface area contributed by atoms with Crippen LogP contribution in [-0.4, -0.2) is 19.0 Å². The van der Waals surface area contributed by atoms with Crippen LogP contribution in [0.2, 0.25) is 0 Å². The summed E-state index contributed by atoms with van der Waals surface area (Å²) in [6, 6.07) is 9.09. The first kappa shape index (κ1) is 13.1. The molecule has 0 bridgehead atoms. The van der Waals surface area contributed by atoms with Crippen molar-refractivity contribution in [3.8, 4) is 0 Å². The minimum atomic E-state index is -0.985. The van der Waals surface area contributed by atoms with Crippen molar-refractivity contribution in [3.05, 3.63) is 35.9 Å². The molecule has 82 valence electrons. The predicted octanol–water partition coefficient (Wildman–Crippen LogP) is 1.06. The highest BCUT2D eigenvalue weighted by atomic mass is 16.6. The largest absolute Gasteiger partial charge is 0.461 e. The average molecular weight is 211 g/mol. The first-order chi connectivity index (χ1) is 6.74. The Labute approximate surface area is 87.6 Å². The summed E-state index contributed by atoms with van der Waals surface area (Å²) >= 11 is 0. The molecule has 0 radical (unpaired) electrons. The molecule has 15 heavy (non-hydrogen) atoms. The lowest BCUT2D eigenvalue weighted by Gasteiger charge is -2.02. The summed E-state index contributed by atoms with van der Waals surface area (Å²) < 4.78 is 8.85. The lowest BCUT2D eigenvalue weighted by Crippen LogP contribution is -2.18. The van der Waals surface area contributed by atoms with Crippen molar-refractivity contribution in [1.82, 2.24) is 6.15 Å². The van der Waals surface area contributed by atoms with Gasteiger partial charge in [-0.05, 0) is 5.56 Å². The zero-order valence-corrected chi connectivity index (χ0v) is 8.43. The lowest BCUT2D eigenvalue weighted by atomic mass is 10.2. The SMILES string of the molecule is COC(=O)C(=O)OCc1ccccc1.N. The van der Waals surface area contributed by atoms with Gasteiger partial charge in [-0.1, -0.05) is 30.3 Å². The number of methoxy groups -OCH3 is 1. The van der Waals surface area contributed by atoms with E-state index >= 15 is 0 Å². The van der Waals surface area contributed by atoms with Crippen LogP contribution in [0.3, 0.4) is 0 Å². The second-order valence-electron chi connectivity index (χ2n) is 2.55. The Balaban J connectivity index is 0.00000196. The van der Waals surface area contributed by atoms with Crippen LogP contribution in [0.5, 0.6) is 0 Å². The monoisotopic (exact) mass is 211 g/mol. The average Bonchev–Trinajstić information content (AvgIpc) is 2.26. The highest BCUT2D eigenvalue weighted by Gasteiger charge is 2.14. The molecule has 0 spiro atoms. The van der Waals surface area contributed by atoms with Crippen molar-refractivity contribution in [1.29, 1.82) is 0 Å². The van der Waals surface area contributed by atoms with E-state index in [1.807, 2.05) is 18.2 Å². The molecule has 0 aliphatic rings. The van der Waals surface area contributed by atoms with Crippen LogP contribution in [0.4, 0.5) is 0 Å². The minimum absolute atomic E-state index is 0. The van der Waals surface area contributed by atoms with Crippen molar-refractivity contribution in [2.45, 2.75) is 6.61 Å². The summed E-state index contributed by atoms with van der Waals surface area (Å²) in [6.45, 7) is 0.0781. The van der Waals surface area contributed by atoms with Gasteiger partial charge < -0.3 is 15.6 Å². The summed E-state index contributed by atoms with van der Waals surface area (Å²) in [6.07, 6.45) is 0. The maximum absolute atomic E-state index is 10.9. The van der Waals surface area contributed by atoms with Crippen LogP contribution < -0.4 is 6.15 Å². The molecule has 0 fully saturated rings. The molecule has 1 aromatic carbocycles. The molecule has 0 saturated heterocycles. The number of hydrogen-bond acceptors (Lipinski definition) is 5. The third-order valence-electron chi connectivity index (χ3n) is 1.56. The summed E-state index contributed by atoms with van der Waals surface area (Å²) in [5, 5.41) is 0. The van der Waals surface area contributed by atoms with E-state index in [0.717, 1.165) is 12.7 Å². The van der Waals surface area contributed by atoms with E-state index in [2.05, 4.69) is 9.47 Å². The molecule has 0 aliphatic heterocycles. The summed E-state index contributed by atoms with van der Waals surface area (Å²) in [5.74, 6) is -1.96. The standard InChI is InChI=1S/C10H10O4.H3N/c1-13-9(11)10(12)14-7-8-5-3-2-4-6-8;/h2-6H,7H2,1H3;1H3. The number of carbonyl (C=O) groups is 2. The van der Waals surface area contributed by atoms with Gasteiger partial charge in [0.1, 0.15) is 6.61 Å². The van der Waals surface area contributed by atoms with Gasteiger partial charge in [0.2, 0.25) is 0 Å². The van der Waals surface area contributed by atoms with Crippen LogP contribution in [-0.2, 0) is 25.7 Å². The fourth-order valence-corrected chi connectivity index (χ4v) is 0.865. The zero-order chi connectivity index (χ0) is 10.4. The van der Waals surface area contributed by atoms with Crippen LogP contribution in [0, 0.1) is 0 Å². The fraction of sp³-hybridized carbons (Fsp3) is 0.200. The Kier molecular flexibility index (Phi) is 5.73. The van der Waals surface area contributed by atoms with Crippen LogP contribution >= 0.6 is 0 Å². The number of benzene rings is 1. The van der Waals surface area contributed by atoms with Crippen LogP contribution in [0.25, 0.3) is 0 Å². The molecule has 0 heterocycles. The quantitative estimate of drug-likeness (QED) is 0.583. The van der Waals surface area contributed by atoms with Crippen molar-refractivity contribution in [2.75, 3.05) is 7.11 Å². The summed E-state index contributed by atoms with van der Waals surface area (Å²) in [4.78, 5) is 21.5. The third-order valence-corrected chi connectivity index (χ3v) is 1.56. The lowest BCUT2D eigenvalue weighted by molar-refractivity contribution is -0.166. The molecule has 5 nitrogen and oxygen atoms in total. The van der Waals surface area contributed by atoms with Gasteiger partial charge in [-0.15, -0.1) is 0 Å². The molecule has 0 saturated carbocycles. The van der Waals surface area contributed by atoms with Gasteiger partial charge in [0, 0.05) is 0 Å². The van der Waals surface area contributed by atoms with Gasteiger partial charge >= 0.3 is 11.9 Å². The van der Waals surface area contributed by atoms with Crippen LogP contribution in [0.1, 0.15) is 5.56 Å². The van der Waals surface area contributed by atoms with Crippen molar-refractivity contribution >= 4 is 11.9 Å². The van der Waals surface area contributed by atoms with E-state index in [1.54, 1.807) is 12.1 Å². The topological polar surface area (TPSA) is 87.6 Å². The third kappa shape index (κ3) is 4.24. The second-order valence-corrected chi connectivity index (χ2v) is 2.55. The maximum Gasteiger partial charge on any atom is 0.417 e. The summed E-state index contributed by atoms with van der Waals surface area (Å²) in [7, 11) is 1.13. The number of ether oxygens (including phenoxy) is 2. The Morgan fingerprint density at radius 1 is 1.13 bits per heavy atom. The van der Waals surface area contributed by atoms with Gasteiger partial charge in [-0.25, -0.2) is 9.59 Å². The van der Waals surface area contributed by atoms with Gasteiger partial charge in [0.25, 0.3) is 0 Å². The molecule has 1 aromatic rings. The first-order valence-corrected chi connectivity index (χ1v) is 4.03. The van der Waals surface area contributed by atoms with Crippen molar-refractivity contribution in [2.24, 2.45) is 0 Å². The molecule has 3 N–H and O–H groups in total. The molecule has 1 rings (SSSR count). The molecule has 0 aliphatic carbocycles. The Bertz CT molecular complexity index is 323. The van der Waals surface area contributed by atoms with Gasteiger partial charge in [0.05, 0.1) is 7.11 Å². The Morgan fingerprint density at radius 3 is 2.27 bits per heavy atom. The molecular weight excluding hydrogens is 198 g/mol. The molecule has 0 aromatic heterocycles. The van der Waals surface area contributed by atoms with Gasteiger partial charge in [-0.3, -0.25) is 0 Å². The highest BCUT2D eigenvalue weighted by Crippen LogP contribution is 2.00. The van der Waals surface area contributed by atoms with E-state index in [0.29, 0.717) is 0 Å². The van der Waals surface area contributed by atoms with Crippen LogP contribution in [0.15, 0.2) is 30.3 Å². The van der Waals surface area contributed by atoms with E-state index in [-0.39, 0.29) is 12.8 Å². The highest BCUT2D eigenvalue weighted by molar-refractivity contribution is 6.29. The molecule has 0 unspecified atom stereocenters. The fourth-order valence-electron chi connectivity index (χ4n) is 0.865. The smallest absolute Gasteiger partial charge is 0.417 e. The molecule has 0 atom stereocenters. The normalized spacial score (nSPS) is 8.60. The molecule has 0 amide bonds. The molecular formula is C10H13NO4. The number of rotatable bonds is 2.